The highest BCUT2D eigenvalue weighted by molar-refractivity contribution is 5.31. The highest BCUT2D eigenvalue weighted by Gasteiger charge is 2.35. The van der Waals surface area contributed by atoms with E-state index in [1.807, 2.05) is 0 Å². The lowest BCUT2D eigenvalue weighted by Crippen LogP contribution is -2.37. The predicted molar refractivity (Wildman–Crippen MR) is 87.7 cm³/mol. The van der Waals surface area contributed by atoms with E-state index in [0.29, 0.717) is 30.9 Å². The van der Waals surface area contributed by atoms with Crippen molar-refractivity contribution in [1.29, 1.82) is 0 Å². The first-order valence-corrected chi connectivity index (χ1v) is 8.10. The molecule has 3 rings (SSSR count). The van der Waals surface area contributed by atoms with E-state index >= 15 is 0 Å². The van der Waals surface area contributed by atoms with Gasteiger partial charge < -0.3 is 19.3 Å². The van der Waals surface area contributed by atoms with Gasteiger partial charge in [-0.05, 0) is 48.4 Å². The Bertz CT molecular complexity index is 705. The highest BCUT2D eigenvalue weighted by Crippen LogP contribution is 2.36. The summed E-state index contributed by atoms with van der Waals surface area (Å²) < 4.78 is 43.0. The minimum atomic E-state index is -1.08. The van der Waals surface area contributed by atoms with Crippen LogP contribution in [-0.2, 0) is 4.74 Å². The molecule has 0 aliphatic carbocycles. The first-order chi connectivity index (χ1) is 12.1. The second-order valence-electron chi connectivity index (χ2n) is 6.00. The molecule has 0 saturated carbocycles. The van der Waals surface area contributed by atoms with Gasteiger partial charge in [0.15, 0.2) is 17.9 Å². The fourth-order valence-electron chi connectivity index (χ4n) is 3.07. The van der Waals surface area contributed by atoms with Crippen LogP contribution in [-0.4, -0.2) is 31.7 Å². The van der Waals surface area contributed by atoms with E-state index in [2.05, 4.69) is 0 Å². The maximum atomic E-state index is 13.6. The Labute approximate surface area is 145 Å². The van der Waals surface area contributed by atoms with Crippen molar-refractivity contribution in [1.82, 2.24) is 0 Å². The lowest BCUT2D eigenvalue weighted by Gasteiger charge is -2.35. The topological polar surface area (TPSA) is 47.9 Å². The number of hydrogen-bond donors (Lipinski definition) is 1. The van der Waals surface area contributed by atoms with Crippen LogP contribution < -0.4 is 9.47 Å². The smallest absolute Gasteiger partial charge is 0.161 e. The molecule has 0 radical (unpaired) electrons. The molecular formula is C19H20F2O4. The van der Waals surface area contributed by atoms with E-state index in [0.717, 1.165) is 17.9 Å². The van der Waals surface area contributed by atoms with Gasteiger partial charge in [-0.25, -0.2) is 8.78 Å². The monoisotopic (exact) mass is 350 g/mol. The first-order valence-electron chi connectivity index (χ1n) is 8.10. The van der Waals surface area contributed by atoms with E-state index < -0.39 is 23.8 Å². The normalized spacial score (nSPS) is 23.3. The molecule has 1 saturated heterocycles. The van der Waals surface area contributed by atoms with Crippen LogP contribution in [0.3, 0.4) is 0 Å². The zero-order chi connectivity index (χ0) is 17.8. The standard InChI is InChI=1S/C19H20F2O4/c1-23-14-3-5-15(6-4-14)25-11-13-8-9-24-19(22)18(13)12-2-7-16(20)17(21)10-12/h2-7,10,13,18-19,22H,8-9,11H2,1H3/t13-,18-,19-/m0/s1. The average molecular weight is 350 g/mol. The van der Waals surface area contributed by atoms with E-state index in [9.17, 15) is 13.9 Å². The summed E-state index contributed by atoms with van der Waals surface area (Å²) in [6.07, 6.45) is -0.431. The maximum absolute atomic E-state index is 13.6. The zero-order valence-corrected chi connectivity index (χ0v) is 13.8. The van der Waals surface area contributed by atoms with Crippen molar-refractivity contribution in [3.8, 4) is 11.5 Å². The van der Waals surface area contributed by atoms with E-state index in [1.165, 1.54) is 6.07 Å². The summed E-state index contributed by atoms with van der Waals surface area (Å²) in [4.78, 5) is 0. The summed E-state index contributed by atoms with van der Waals surface area (Å²) in [5.41, 5.74) is 0.495. The number of methoxy groups -OCH3 is 1. The summed E-state index contributed by atoms with van der Waals surface area (Å²) in [7, 11) is 1.59. The van der Waals surface area contributed by atoms with Gasteiger partial charge in [0.25, 0.3) is 0 Å². The molecule has 2 aromatic carbocycles. The molecule has 0 amide bonds. The minimum Gasteiger partial charge on any atom is -0.497 e. The van der Waals surface area contributed by atoms with Gasteiger partial charge in [0.1, 0.15) is 11.5 Å². The van der Waals surface area contributed by atoms with Crippen LogP contribution >= 0.6 is 0 Å². The largest absolute Gasteiger partial charge is 0.497 e. The molecule has 1 fully saturated rings. The van der Waals surface area contributed by atoms with Gasteiger partial charge in [0, 0.05) is 11.8 Å². The Morgan fingerprint density at radius 3 is 2.48 bits per heavy atom. The first kappa shape index (κ1) is 17.6. The molecule has 0 unspecified atom stereocenters. The molecule has 1 aliphatic rings. The summed E-state index contributed by atoms with van der Waals surface area (Å²) in [6, 6.07) is 10.8. The Kier molecular flexibility index (Phi) is 5.50. The SMILES string of the molecule is COc1ccc(OC[C@@H]2CCO[C@H](O)[C@H]2c2ccc(F)c(F)c2)cc1. The van der Waals surface area contributed by atoms with E-state index in [4.69, 9.17) is 14.2 Å². The third-order valence-electron chi connectivity index (χ3n) is 4.44. The second kappa shape index (κ2) is 7.80. The van der Waals surface area contributed by atoms with Gasteiger partial charge in [-0.2, -0.15) is 0 Å². The number of halogens is 2. The van der Waals surface area contributed by atoms with Crippen LogP contribution in [0, 0.1) is 17.6 Å². The second-order valence-corrected chi connectivity index (χ2v) is 6.00. The lowest BCUT2D eigenvalue weighted by atomic mass is 9.82. The van der Waals surface area contributed by atoms with Crippen LogP contribution in [0.4, 0.5) is 8.78 Å². The number of benzene rings is 2. The van der Waals surface area contributed by atoms with E-state index in [1.54, 1.807) is 31.4 Å². The van der Waals surface area contributed by atoms with Crippen LogP contribution in [0.5, 0.6) is 11.5 Å². The fraction of sp³-hybridized carbons (Fsp3) is 0.368. The van der Waals surface area contributed by atoms with Crippen molar-refractivity contribution >= 4 is 0 Å². The molecule has 2 aromatic rings. The average Bonchev–Trinajstić information content (AvgIpc) is 2.63. The Hall–Kier alpha value is -2.18. The number of aliphatic hydroxyl groups is 1. The molecule has 1 aliphatic heterocycles. The fourth-order valence-corrected chi connectivity index (χ4v) is 3.07. The van der Waals surface area contributed by atoms with Crippen molar-refractivity contribution < 1.29 is 28.1 Å². The summed E-state index contributed by atoms with van der Waals surface area (Å²) in [5.74, 6) is -1.02. The van der Waals surface area contributed by atoms with E-state index in [-0.39, 0.29) is 5.92 Å². The third-order valence-corrected chi connectivity index (χ3v) is 4.44. The number of ether oxygens (including phenoxy) is 3. The number of aliphatic hydroxyl groups excluding tert-OH is 1. The van der Waals surface area contributed by atoms with Crippen molar-refractivity contribution in [2.45, 2.75) is 18.6 Å². The Morgan fingerprint density at radius 2 is 1.80 bits per heavy atom. The van der Waals surface area contributed by atoms with Crippen LogP contribution in [0.15, 0.2) is 42.5 Å². The minimum absolute atomic E-state index is 0.0873. The lowest BCUT2D eigenvalue weighted by molar-refractivity contribution is -0.157. The molecule has 1 N–H and O–H groups in total. The molecule has 25 heavy (non-hydrogen) atoms. The van der Waals surface area contributed by atoms with Crippen molar-refractivity contribution in [3.05, 3.63) is 59.7 Å². The molecule has 1 heterocycles. The number of rotatable bonds is 5. The van der Waals surface area contributed by atoms with Crippen LogP contribution in [0.25, 0.3) is 0 Å². The van der Waals surface area contributed by atoms with Crippen LogP contribution in [0.2, 0.25) is 0 Å². The molecule has 3 atom stereocenters. The quantitative estimate of drug-likeness (QED) is 0.897. The summed E-state index contributed by atoms with van der Waals surface area (Å²) in [5, 5.41) is 10.2. The van der Waals surface area contributed by atoms with Gasteiger partial charge in [-0.15, -0.1) is 0 Å². The van der Waals surface area contributed by atoms with Gasteiger partial charge >= 0.3 is 0 Å². The van der Waals surface area contributed by atoms with Crippen LogP contribution in [0.1, 0.15) is 17.9 Å². The molecule has 0 bridgehead atoms. The van der Waals surface area contributed by atoms with Crippen molar-refractivity contribution in [2.75, 3.05) is 20.3 Å². The molecule has 4 nitrogen and oxygen atoms in total. The van der Waals surface area contributed by atoms with Gasteiger partial charge in [-0.3, -0.25) is 0 Å². The van der Waals surface area contributed by atoms with Crippen molar-refractivity contribution in [3.63, 3.8) is 0 Å². The molecule has 0 spiro atoms. The van der Waals surface area contributed by atoms with Gasteiger partial charge in [-0.1, -0.05) is 6.07 Å². The third kappa shape index (κ3) is 4.08. The number of hydrogen-bond acceptors (Lipinski definition) is 4. The summed E-state index contributed by atoms with van der Waals surface area (Å²) >= 11 is 0. The predicted octanol–water partition coefficient (Wildman–Crippen LogP) is 3.49. The molecule has 0 aromatic heterocycles. The van der Waals surface area contributed by atoms with Crippen molar-refractivity contribution in [2.24, 2.45) is 5.92 Å². The highest BCUT2D eigenvalue weighted by atomic mass is 19.2. The molecule has 134 valence electrons. The zero-order valence-electron chi connectivity index (χ0n) is 13.8. The molecule has 6 heteroatoms. The maximum Gasteiger partial charge on any atom is 0.161 e. The molecular weight excluding hydrogens is 330 g/mol. The van der Waals surface area contributed by atoms with Gasteiger partial charge in [0.05, 0.1) is 20.3 Å². The Morgan fingerprint density at radius 1 is 1.08 bits per heavy atom. The van der Waals surface area contributed by atoms with Gasteiger partial charge in [0.2, 0.25) is 0 Å². The Balaban J connectivity index is 1.73. The summed E-state index contributed by atoms with van der Waals surface area (Å²) in [6.45, 7) is 0.717.